The number of nitrogens with one attached hydrogen (secondary N) is 2. The highest BCUT2D eigenvalue weighted by Crippen LogP contribution is 2.22. The topological polar surface area (TPSA) is 74.4 Å². The molecule has 4 rings (SSSR count). The summed E-state index contributed by atoms with van der Waals surface area (Å²) < 4.78 is 5.32. The van der Waals surface area contributed by atoms with Crippen molar-refractivity contribution < 1.29 is 9.53 Å². The number of ether oxygens (including phenoxy) is 1. The van der Waals surface area contributed by atoms with Gasteiger partial charge in [0.05, 0.1) is 12.6 Å². The van der Waals surface area contributed by atoms with Crippen LogP contribution in [-0.2, 0) is 6.54 Å². The number of amides is 1. The van der Waals surface area contributed by atoms with E-state index in [4.69, 9.17) is 4.74 Å². The molecule has 1 amide bonds. The molecule has 0 bridgehead atoms. The summed E-state index contributed by atoms with van der Waals surface area (Å²) in [5.41, 5.74) is 1.98. The molecule has 31 heavy (non-hydrogen) atoms. The highest BCUT2D eigenvalue weighted by Gasteiger charge is 2.19. The molecule has 2 N–H and O–H groups in total. The zero-order chi connectivity index (χ0) is 21.6. The lowest BCUT2D eigenvalue weighted by Gasteiger charge is -2.32. The third-order valence-electron chi connectivity index (χ3n) is 6.09. The van der Waals surface area contributed by atoms with E-state index in [2.05, 4.69) is 39.5 Å². The Balaban J connectivity index is 1.28. The van der Waals surface area contributed by atoms with Crippen LogP contribution < -0.4 is 15.5 Å². The van der Waals surface area contributed by atoms with Gasteiger partial charge >= 0.3 is 0 Å². The van der Waals surface area contributed by atoms with Gasteiger partial charge in [-0.25, -0.2) is 0 Å². The highest BCUT2D eigenvalue weighted by atomic mass is 16.5. The minimum Gasteiger partial charge on any atom is -0.495 e. The Bertz CT molecular complexity index is 1090. The Kier molecular flexibility index (Phi) is 6.67. The smallest absolute Gasteiger partial charge is 0.267 e. The first-order valence-corrected chi connectivity index (χ1v) is 10.9. The maximum absolute atomic E-state index is 12.6. The molecule has 162 valence electrons. The zero-order valence-corrected chi connectivity index (χ0v) is 17.9. The molecule has 6 nitrogen and oxygen atoms in total. The van der Waals surface area contributed by atoms with Gasteiger partial charge in [-0.1, -0.05) is 36.4 Å². The molecule has 0 unspecified atom stereocenters. The molecular formula is C25H29N3O3. The predicted octanol–water partition coefficient (Wildman–Crippen LogP) is 3.57. The van der Waals surface area contributed by atoms with Gasteiger partial charge in [0.2, 0.25) is 0 Å². The number of nitrogens with zero attached hydrogens (tertiary/aromatic N) is 1. The minimum absolute atomic E-state index is 0.191. The molecule has 0 aliphatic carbocycles. The van der Waals surface area contributed by atoms with Crippen molar-refractivity contribution in [1.82, 2.24) is 15.2 Å². The summed E-state index contributed by atoms with van der Waals surface area (Å²) in [4.78, 5) is 30.6. The molecule has 2 aromatic carbocycles. The number of carbonyl (C=O) groups is 1. The van der Waals surface area contributed by atoms with Gasteiger partial charge in [0, 0.05) is 24.5 Å². The Labute approximate surface area is 182 Å². The number of likely N-dealkylation sites (tertiary alicyclic amines) is 1. The number of H-pyrrole nitrogens is 1. The number of pyridine rings is 1. The highest BCUT2D eigenvalue weighted by molar-refractivity contribution is 5.95. The van der Waals surface area contributed by atoms with Gasteiger partial charge in [0.15, 0.2) is 5.43 Å². The number of carbonyl (C=O) groups excluding carboxylic acids is 1. The SMILES string of the molecule is COc1cccc2c(=O)cc(C(=O)NCCC3CCN(Cc4ccccc4)CC3)[nH]c12. The van der Waals surface area contributed by atoms with Crippen LogP contribution in [0.1, 0.15) is 35.3 Å². The average Bonchev–Trinajstić information content (AvgIpc) is 2.80. The standard InChI is InChI=1S/C25H29N3O3/c1-31-23-9-5-8-20-22(29)16-21(27-24(20)23)25(30)26-13-10-18-11-14-28(15-12-18)17-19-6-3-2-4-7-19/h2-9,16,18H,10-15,17H2,1H3,(H,26,30)(H,27,29). The summed E-state index contributed by atoms with van der Waals surface area (Å²) in [6, 6.07) is 17.2. The van der Waals surface area contributed by atoms with Gasteiger partial charge in [-0.3, -0.25) is 14.5 Å². The molecule has 0 saturated carbocycles. The second-order valence-electron chi connectivity index (χ2n) is 8.18. The Hall–Kier alpha value is -3.12. The van der Waals surface area contributed by atoms with Crippen molar-refractivity contribution in [3.05, 3.63) is 76.1 Å². The lowest BCUT2D eigenvalue weighted by molar-refractivity contribution is 0.0943. The number of hydrogen-bond acceptors (Lipinski definition) is 4. The fourth-order valence-corrected chi connectivity index (χ4v) is 4.30. The molecule has 0 radical (unpaired) electrons. The van der Waals surface area contributed by atoms with Crippen LogP contribution in [0, 0.1) is 5.92 Å². The van der Waals surface area contributed by atoms with Crippen molar-refractivity contribution in [3.63, 3.8) is 0 Å². The van der Waals surface area contributed by atoms with E-state index in [0.717, 1.165) is 38.9 Å². The number of hydrogen-bond donors (Lipinski definition) is 2. The van der Waals surface area contributed by atoms with E-state index in [1.165, 1.54) is 11.6 Å². The van der Waals surface area contributed by atoms with E-state index in [1.807, 2.05) is 6.07 Å². The van der Waals surface area contributed by atoms with Crippen LogP contribution in [0.15, 0.2) is 59.4 Å². The van der Waals surface area contributed by atoms with E-state index in [0.29, 0.717) is 29.1 Å². The predicted molar refractivity (Wildman–Crippen MR) is 123 cm³/mol. The number of methoxy groups -OCH3 is 1. The van der Waals surface area contributed by atoms with Gasteiger partial charge in [0.1, 0.15) is 11.4 Å². The van der Waals surface area contributed by atoms with Crippen LogP contribution in [-0.4, -0.2) is 42.5 Å². The summed E-state index contributed by atoms with van der Waals surface area (Å²) in [6.45, 7) is 3.79. The van der Waals surface area contributed by atoms with E-state index < -0.39 is 0 Å². The van der Waals surface area contributed by atoms with Crippen LogP contribution in [0.5, 0.6) is 5.75 Å². The van der Waals surface area contributed by atoms with E-state index in [1.54, 1.807) is 25.3 Å². The zero-order valence-electron chi connectivity index (χ0n) is 17.9. The maximum atomic E-state index is 12.6. The summed E-state index contributed by atoms with van der Waals surface area (Å²) in [6.07, 6.45) is 3.24. The number of benzene rings is 2. The molecule has 1 saturated heterocycles. The summed E-state index contributed by atoms with van der Waals surface area (Å²) in [5.74, 6) is 0.904. The van der Waals surface area contributed by atoms with Gasteiger partial charge in [0.25, 0.3) is 5.91 Å². The first-order chi connectivity index (χ1) is 15.1. The molecule has 2 heterocycles. The Morgan fingerprint density at radius 1 is 1.13 bits per heavy atom. The summed E-state index contributed by atoms with van der Waals surface area (Å²) in [5, 5.41) is 3.48. The van der Waals surface area contributed by atoms with Gasteiger partial charge in [-0.2, -0.15) is 0 Å². The lowest BCUT2D eigenvalue weighted by Crippen LogP contribution is -2.35. The van der Waals surface area contributed by atoms with Crippen molar-refractivity contribution >= 4 is 16.8 Å². The normalized spacial score (nSPS) is 15.1. The van der Waals surface area contributed by atoms with Crippen LogP contribution >= 0.6 is 0 Å². The van der Waals surface area contributed by atoms with Gasteiger partial charge in [-0.15, -0.1) is 0 Å². The largest absolute Gasteiger partial charge is 0.495 e. The number of para-hydroxylation sites is 1. The fourth-order valence-electron chi connectivity index (χ4n) is 4.30. The van der Waals surface area contributed by atoms with Crippen molar-refractivity contribution in [2.45, 2.75) is 25.8 Å². The second-order valence-corrected chi connectivity index (χ2v) is 8.18. The summed E-state index contributed by atoms with van der Waals surface area (Å²) in [7, 11) is 1.55. The number of piperidine rings is 1. The Morgan fingerprint density at radius 3 is 2.65 bits per heavy atom. The number of rotatable bonds is 7. The minimum atomic E-state index is -0.258. The van der Waals surface area contributed by atoms with E-state index >= 15 is 0 Å². The molecule has 0 spiro atoms. The third kappa shape index (κ3) is 5.14. The van der Waals surface area contributed by atoms with Crippen molar-refractivity contribution in [1.29, 1.82) is 0 Å². The fraction of sp³-hybridized carbons (Fsp3) is 0.360. The quantitative estimate of drug-likeness (QED) is 0.614. The van der Waals surface area contributed by atoms with E-state index in [9.17, 15) is 9.59 Å². The van der Waals surface area contributed by atoms with Crippen LogP contribution in [0.2, 0.25) is 0 Å². The van der Waals surface area contributed by atoms with Gasteiger partial charge < -0.3 is 15.0 Å². The van der Waals surface area contributed by atoms with Crippen molar-refractivity contribution in [2.75, 3.05) is 26.7 Å². The second kappa shape index (κ2) is 9.79. The monoisotopic (exact) mass is 419 g/mol. The number of aromatic nitrogens is 1. The van der Waals surface area contributed by atoms with E-state index in [-0.39, 0.29) is 17.0 Å². The number of aromatic amines is 1. The molecule has 1 aromatic heterocycles. The van der Waals surface area contributed by atoms with Gasteiger partial charge in [-0.05, 0) is 56.0 Å². The maximum Gasteiger partial charge on any atom is 0.267 e. The molecule has 1 aliphatic rings. The molecule has 3 aromatic rings. The molecular weight excluding hydrogens is 390 g/mol. The lowest BCUT2D eigenvalue weighted by atomic mass is 9.93. The average molecular weight is 420 g/mol. The van der Waals surface area contributed by atoms with Crippen LogP contribution in [0.3, 0.4) is 0 Å². The molecule has 6 heteroatoms. The third-order valence-corrected chi connectivity index (χ3v) is 6.09. The summed E-state index contributed by atoms with van der Waals surface area (Å²) >= 11 is 0. The van der Waals surface area contributed by atoms with Crippen LogP contribution in [0.4, 0.5) is 0 Å². The Morgan fingerprint density at radius 2 is 1.90 bits per heavy atom. The first kappa shape index (κ1) is 21.1. The van der Waals surface area contributed by atoms with Crippen molar-refractivity contribution in [2.24, 2.45) is 5.92 Å². The number of fused-ring (bicyclic) bond motifs is 1. The molecule has 1 fully saturated rings. The molecule has 1 aliphatic heterocycles. The first-order valence-electron chi connectivity index (χ1n) is 10.9. The van der Waals surface area contributed by atoms with Crippen LogP contribution in [0.25, 0.3) is 10.9 Å². The molecule has 0 atom stereocenters. The van der Waals surface area contributed by atoms with Crippen molar-refractivity contribution in [3.8, 4) is 5.75 Å².